The van der Waals surface area contributed by atoms with Gasteiger partial charge in [0.1, 0.15) is 0 Å². The van der Waals surface area contributed by atoms with Crippen molar-refractivity contribution in [3.63, 3.8) is 0 Å². The number of halogens is 10. The van der Waals surface area contributed by atoms with E-state index >= 15 is 0 Å². The second-order valence-corrected chi connectivity index (χ2v) is 2.43. The molecule has 0 aromatic rings. The molecule has 0 aliphatic heterocycles. The first kappa shape index (κ1) is 15.3. The van der Waals surface area contributed by atoms with Crippen LogP contribution in [0.1, 0.15) is 0 Å². The first-order chi connectivity index (χ1) is 6.81. The Bertz CT molecular complexity index is 232. The zero-order valence-electron chi connectivity index (χ0n) is 6.84. The van der Waals surface area contributed by atoms with E-state index in [-0.39, 0.29) is 0 Å². The van der Waals surface area contributed by atoms with Crippen LogP contribution in [0.3, 0.4) is 0 Å². The van der Waals surface area contributed by atoms with E-state index in [9.17, 15) is 43.9 Å². The molecule has 0 saturated carbocycles. The van der Waals surface area contributed by atoms with Gasteiger partial charge in [0.15, 0.2) is 0 Å². The molecule has 0 aromatic heterocycles. The van der Waals surface area contributed by atoms with Crippen LogP contribution in [0.4, 0.5) is 43.9 Å². The van der Waals surface area contributed by atoms with Gasteiger partial charge in [-0.1, -0.05) is 0 Å². The maximum atomic E-state index is 12.0. The molecule has 1 atom stereocenters. The summed E-state index contributed by atoms with van der Waals surface area (Å²) in [7, 11) is 0. The average Bonchev–Trinajstić information content (AvgIpc) is 1.98. The van der Waals surface area contributed by atoms with E-state index in [1.165, 1.54) is 0 Å². The van der Waals surface area contributed by atoms with Gasteiger partial charge in [0.2, 0.25) is 0 Å². The van der Waals surface area contributed by atoms with Crippen molar-refractivity contribution in [2.45, 2.75) is 31.0 Å². The van der Waals surface area contributed by atoms with Gasteiger partial charge in [-0.05, 0) is 0 Å². The molecule has 0 radical (unpaired) electrons. The molecule has 0 aromatic carbocycles. The number of rotatable bonds is 4. The Hall–Kier alpha value is -0.740. The quantitative estimate of drug-likeness (QED) is 0.710. The molecule has 0 bridgehead atoms. The summed E-state index contributed by atoms with van der Waals surface area (Å²) >= 11 is 0. The second kappa shape index (κ2) is 4.26. The van der Waals surface area contributed by atoms with Crippen molar-refractivity contribution in [2.75, 3.05) is 0 Å². The lowest BCUT2D eigenvalue weighted by Gasteiger charge is -2.26. The molecule has 0 fully saturated rings. The highest BCUT2D eigenvalue weighted by Gasteiger charge is 2.63. The Labute approximate surface area is 81.0 Å². The third kappa shape index (κ3) is 3.68. The van der Waals surface area contributed by atoms with Gasteiger partial charge in [0.25, 0.3) is 6.17 Å². The minimum Gasteiger partial charge on any atom is -0.248 e. The molecule has 11 heteroatoms. The molecule has 16 heavy (non-hydrogen) atoms. The first-order valence-corrected chi connectivity index (χ1v) is 3.25. The van der Waals surface area contributed by atoms with Crippen molar-refractivity contribution in [1.82, 2.24) is 0 Å². The minimum absolute atomic E-state index is 1.86. The zero-order valence-corrected chi connectivity index (χ0v) is 6.84. The van der Waals surface area contributed by atoms with Crippen LogP contribution in [-0.2, 0) is 4.74 Å². The van der Waals surface area contributed by atoms with Crippen molar-refractivity contribution in [2.24, 2.45) is 0 Å². The lowest BCUT2D eigenvalue weighted by molar-refractivity contribution is -0.435. The molecule has 1 nitrogen and oxygen atoms in total. The maximum Gasteiger partial charge on any atom is 0.428 e. The maximum absolute atomic E-state index is 12.0. The van der Waals surface area contributed by atoms with Gasteiger partial charge in [-0.25, -0.2) is 17.9 Å². The second-order valence-electron chi connectivity index (χ2n) is 2.43. The van der Waals surface area contributed by atoms with Gasteiger partial charge in [-0.15, -0.1) is 0 Å². The van der Waals surface area contributed by atoms with Crippen molar-refractivity contribution in [3.05, 3.63) is 0 Å². The van der Waals surface area contributed by atoms with Crippen molar-refractivity contribution >= 4 is 0 Å². The number of ether oxygens (including phenoxy) is 1. The van der Waals surface area contributed by atoms with Gasteiger partial charge in [-0.2, -0.15) is 30.7 Å². The molecule has 0 heterocycles. The van der Waals surface area contributed by atoms with E-state index in [0.29, 0.717) is 0 Å². The molecule has 0 aliphatic rings. The van der Waals surface area contributed by atoms with Crippen LogP contribution in [0.15, 0.2) is 0 Å². The smallest absolute Gasteiger partial charge is 0.248 e. The monoisotopic (exact) mass is 268 g/mol. The van der Waals surface area contributed by atoms with E-state index in [0.717, 1.165) is 0 Å². The highest BCUT2D eigenvalue weighted by molar-refractivity contribution is 4.77. The molecule has 0 spiro atoms. The highest BCUT2D eigenvalue weighted by Crippen LogP contribution is 2.40. The van der Waals surface area contributed by atoms with Crippen molar-refractivity contribution in [3.8, 4) is 0 Å². The average molecular weight is 268 g/mol. The van der Waals surface area contributed by atoms with E-state index in [1.54, 1.807) is 0 Å². The topological polar surface area (TPSA) is 9.23 Å². The highest BCUT2D eigenvalue weighted by atomic mass is 19.4. The lowest BCUT2D eigenvalue weighted by atomic mass is 10.3. The summed E-state index contributed by atoms with van der Waals surface area (Å²) in [4.78, 5) is 0. The van der Waals surface area contributed by atoms with Crippen molar-refractivity contribution in [1.29, 1.82) is 0 Å². The predicted molar refractivity (Wildman–Crippen MR) is 27.9 cm³/mol. The van der Waals surface area contributed by atoms with Gasteiger partial charge < -0.3 is 0 Å². The van der Waals surface area contributed by atoms with E-state index < -0.39 is 31.0 Å². The third-order valence-electron chi connectivity index (χ3n) is 1.11. The van der Waals surface area contributed by atoms with Crippen LogP contribution < -0.4 is 0 Å². The fraction of sp³-hybridized carbons (Fsp3) is 1.00. The van der Waals surface area contributed by atoms with Crippen LogP contribution in [0.5, 0.6) is 0 Å². The molecular formula is C5H2F10O. The molecule has 0 aliphatic carbocycles. The summed E-state index contributed by atoms with van der Waals surface area (Å²) in [5.41, 5.74) is 0. The fourth-order valence-corrected chi connectivity index (χ4v) is 0.468. The Kier molecular flexibility index (Phi) is 4.06. The Morgan fingerprint density at radius 3 is 1.31 bits per heavy atom. The molecule has 0 amide bonds. The lowest BCUT2D eigenvalue weighted by Crippen LogP contribution is -2.49. The number of hydrogen-bond donors (Lipinski definition) is 0. The van der Waals surface area contributed by atoms with Gasteiger partial charge in [0, 0.05) is 0 Å². The SMILES string of the molecule is FC(F)C(F)(F)OC(F)(F)C(F)C(F)(F)F. The number of alkyl halides is 10. The molecule has 0 N–H and O–H groups in total. The molecule has 0 rings (SSSR count). The fourth-order valence-electron chi connectivity index (χ4n) is 0.468. The first-order valence-electron chi connectivity index (χ1n) is 3.25. The Morgan fingerprint density at radius 2 is 1.06 bits per heavy atom. The summed E-state index contributed by atoms with van der Waals surface area (Å²) in [5.74, 6) is 0. The molecule has 1 unspecified atom stereocenters. The largest absolute Gasteiger partial charge is 0.428 e. The summed E-state index contributed by atoms with van der Waals surface area (Å²) in [5, 5.41) is 0. The van der Waals surface area contributed by atoms with Gasteiger partial charge in [0.05, 0.1) is 0 Å². The number of hydrogen-bond acceptors (Lipinski definition) is 1. The standard InChI is InChI=1S/C5H2F10O/c6-1(3(9,10)11)4(12,13)16-5(14,15)2(7)8/h1-2H. The molecular weight excluding hydrogens is 266 g/mol. The van der Waals surface area contributed by atoms with Crippen LogP contribution >= 0.6 is 0 Å². The molecule has 98 valence electrons. The van der Waals surface area contributed by atoms with Crippen LogP contribution in [-0.4, -0.2) is 31.0 Å². The van der Waals surface area contributed by atoms with Crippen LogP contribution in [0, 0.1) is 0 Å². The van der Waals surface area contributed by atoms with Crippen molar-refractivity contribution < 1.29 is 48.6 Å². The van der Waals surface area contributed by atoms with Gasteiger partial charge in [-0.3, -0.25) is 0 Å². The summed E-state index contributed by atoms with van der Waals surface area (Å²) in [6, 6.07) is 0. The van der Waals surface area contributed by atoms with E-state index in [2.05, 4.69) is 0 Å². The van der Waals surface area contributed by atoms with E-state index in [1.807, 2.05) is 4.74 Å². The molecule has 0 saturated heterocycles. The summed E-state index contributed by atoms with van der Waals surface area (Å²) in [6.07, 6.45) is -28.2. The summed E-state index contributed by atoms with van der Waals surface area (Å²) in [6.45, 7) is 0. The zero-order chi connectivity index (χ0) is 13.4. The van der Waals surface area contributed by atoms with E-state index in [4.69, 9.17) is 0 Å². The predicted octanol–water partition coefficient (Wildman–Crippen LogP) is 3.35. The Morgan fingerprint density at radius 1 is 0.688 bits per heavy atom. The van der Waals surface area contributed by atoms with Gasteiger partial charge >= 0.3 is 24.8 Å². The summed E-state index contributed by atoms with van der Waals surface area (Å²) < 4.78 is 118. The Balaban J connectivity index is 4.83. The normalized spacial score (nSPS) is 16.7. The van der Waals surface area contributed by atoms with Crippen LogP contribution in [0.2, 0.25) is 0 Å². The third-order valence-corrected chi connectivity index (χ3v) is 1.11. The van der Waals surface area contributed by atoms with Crippen LogP contribution in [0.25, 0.3) is 0 Å². The minimum atomic E-state index is -6.22.